The number of carboxylic acids is 1. The molecule has 0 saturated heterocycles. The van der Waals surface area contributed by atoms with Crippen molar-refractivity contribution in [3.05, 3.63) is 23.2 Å². The van der Waals surface area contributed by atoms with E-state index in [0.29, 0.717) is 24.0 Å². The van der Waals surface area contributed by atoms with Gasteiger partial charge in [-0.25, -0.2) is 4.79 Å². The number of furan rings is 1. The number of aryl methyl sites for hydroxylation is 1. The van der Waals surface area contributed by atoms with Gasteiger partial charge >= 0.3 is 5.97 Å². The molecule has 100 valence electrons. The van der Waals surface area contributed by atoms with Crippen molar-refractivity contribution in [3.8, 4) is 0 Å². The van der Waals surface area contributed by atoms with E-state index >= 15 is 0 Å². The van der Waals surface area contributed by atoms with E-state index in [1.54, 1.807) is 18.7 Å². The van der Waals surface area contributed by atoms with Crippen molar-refractivity contribution >= 4 is 23.6 Å². The molecule has 1 atom stereocenters. The lowest BCUT2D eigenvalue weighted by Gasteiger charge is -2.08. The third-order valence-electron chi connectivity index (χ3n) is 2.54. The Labute approximate surface area is 110 Å². The standard InChI is InChI=1S/C12H17NO4S/c1-4-9-8(12(15)16)5-10(17-9)11(14)13-6-7(2)18-3/h5,7H,4,6H2,1-3H3,(H,13,14)(H,15,16). The molecule has 2 N–H and O–H groups in total. The number of hydrogen-bond acceptors (Lipinski definition) is 4. The molecule has 6 heteroatoms. The fourth-order valence-corrected chi connectivity index (χ4v) is 1.64. The summed E-state index contributed by atoms with van der Waals surface area (Å²) in [7, 11) is 0. The lowest BCUT2D eigenvalue weighted by atomic mass is 10.2. The summed E-state index contributed by atoms with van der Waals surface area (Å²) in [5.41, 5.74) is 0.0561. The van der Waals surface area contributed by atoms with Gasteiger partial charge in [0.15, 0.2) is 5.76 Å². The smallest absolute Gasteiger partial charge is 0.339 e. The van der Waals surface area contributed by atoms with Crippen LogP contribution in [0.4, 0.5) is 0 Å². The molecule has 1 unspecified atom stereocenters. The van der Waals surface area contributed by atoms with Crippen LogP contribution in [0.5, 0.6) is 0 Å². The number of hydrogen-bond donors (Lipinski definition) is 2. The number of nitrogens with one attached hydrogen (secondary N) is 1. The van der Waals surface area contributed by atoms with Crippen molar-refractivity contribution in [3.63, 3.8) is 0 Å². The van der Waals surface area contributed by atoms with Gasteiger partial charge in [-0.1, -0.05) is 13.8 Å². The van der Waals surface area contributed by atoms with Crippen LogP contribution in [0.2, 0.25) is 0 Å². The second-order valence-corrected chi connectivity index (χ2v) is 5.14. The van der Waals surface area contributed by atoms with Crippen molar-refractivity contribution in [2.45, 2.75) is 25.5 Å². The van der Waals surface area contributed by atoms with Gasteiger partial charge in [-0.3, -0.25) is 4.79 Å². The van der Waals surface area contributed by atoms with Crippen LogP contribution >= 0.6 is 11.8 Å². The van der Waals surface area contributed by atoms with Crippen molar-refractivity contribution in [2.75, 3.05) is 12.8 Å². The Bertz CT molecular complexity index is 441. The van der Waals surface area contributed by atoms with E-state index in [0.717, 1.165) is 0 Å². The van der Waals surface area contributed by atoms with Crippen molar-refractivity contribution in [1.29, 1.82) is 0 Å². The van der Waals surface area contributed by atoms with Gasteiger partial charge < -0.3 is 14.8 Å². The number of carboxylic acid groups (broad SMARTS) is 1. The molecule has 1 amide bonds. The zero-order valence-electron chi connectivity index (χ0n) is 10.6. The molecule has 0 spiro atoms. The number of carbonyl (C=O) groups is 2. The Hall–Kier alpha value is -1.43. The van der Waals surface area contributed by atoms with Crippen LogP contribution in [-0.4, -0.2) is 35.0 Å². The SMILES string of the molecule is CCc1oc(C(=O)NCC(C)SC)cc1C(=O)O. The van der Waals surface area contributed by atoms with Gasteiger partial charge in [0.05, 0.1) is 0 Å². The molecule has 0 bridgehead atoms. The predicted octanol–water partition coefficient (Wildman–Crippen LogP) is 2.02. The Balaban J connectivity index is 2.77. The summed E-state index contributed by atoms with van der Waals surface area (Å²) >= 11 is 1.64. The molecule has 0 aliphatic heterocycles. The third-order valence-corrected chi connectivity index (χ3v) is 3.51. The molecule has 0 aliphatic rings. The first-order valence-electron chi connectivity index (χ1n) is 5.66. The molecule has 5 nitrogen and oxygen atoms in total. The average Bonchev–Trinajstić information content (AvgIpc) is 2.79. The van der Waals surface area contributed by atoms with E-state index in [-0.39, 0.29) is 17.2 Å². The molecule has 1 aromatic rings. The molecule has 0 aromatic carbocycles. The third kappa shape index (κ3) is 3.53. The van der Waals surface area contributed by atoms with Crippen molar-refractivity contribution < 1.29 is 19.1 Å². The number of amides is 1. The van der Waals surface area contributed by atoms with Gasteiger partial charge in [0.2, 0.25) is 0 Å². The molecule has 18 heavy (non-hydrogen) atoms. The maximum Gasteiger partial charge on any atom is 0.339 e. The highest BCUT2D eigenvalue weighted by Crippen LogP contribution is 2.16. The quantitative estimate of drug-likeness (QED) is 0.827. The highest BCUT2D eigenvalue weighted by Gasteiger charge is 2.19. The minimum absolute atomic E-state index is 0.0533. The second kappa shape index (κ2) is 6.49. The Morgan fingerprint density at radius 2 is 2.22 bits per heavy atom. The second-order valence-electron chi connectivity index (χ2n) is 3.86. The summed E-state index contributed by atoms with van der Waals surface area (Å²) in [5, 5.41) is 12.0. The van der Waals surface area contributed by atoms with Crippen molar-refractivity contribution in [2.24, 2.45) is 0 Å². The maximum atomic E-state index is 11.8. The Morgan fingerprint density at radius 3 is 2.67 bits per heavy atom. The van der Waals surface area contributed by atoms with E-state index in [9.17, 15) is 9.59 Å². The van der Waals surface area contributed by atoms with Gasteiger partial charge in [-0.15, -0.1) is 0 Å². The summed E-state index contributed by atoms with van der Waals surface area (Å²) in [6, 6.07) is 1.28. The Morgan fingerprint density at radius 1 is 1.56 bits per heavy atom. The number of carbonyl (C=O) groups excluding carboxylic acids is 1. The molecular weight excluding hydrogens is 254 g/mol. The maximum absolute atomic E-state index is 11.8. The number of rotatable bonds is 6. The van der Waals surface area contributed by atoms with Gasteiger partial charge in [0.1, 0.15) is 11.3 Å². The fraction of sp³-hybridized carbons (Fsp3) is 0.500. The highest BCUT2D eigenvalue weighted by atomic mass is 32.2. The van der Waals surface area contributed by atoms with Gasteiger partial charge in [0, 0.05) is 24.3 Å². The van der Waals surface area contributed by atoms with Gasteiger partial charge in [-0.05, 0) is 6.26 Å². The van der Waals surface area contributed by atoms with Crippen LogP contribution in [0.25, 0.3) is 0 Å². The summed E-state index contributed by atoms with van der Waals surface area (Å²) in [4.78, 5) is 22.7. The summed E-state index contributed by atoms with van der Waals surface area (Å²) in [6.07, 6.45) is 2.40. The van der Waals surface area contributed by atoms with Crippen LogP contribution in [0, 0.1) is 0 Å². The lowest BCUT2D eigenvalue weighted by Crippen LogP contribution is -2.29. The number of thioether (sulfide) groups is 1. The predicted molar refractivity (Wildman–Crippen MR) is 70.4 cm³/mol. The van der Waals surface area contributed by atoms with E-state index < -0.39 is 5.97 Å². The minimum atomic E-state index is -1.08. The summed E-state index contributed by atoms with van der Waals surface area (Å²) in [6.45, 7) is 4.29. The molecule has 0 fully saturated rings. The van der Waals surface area contributed by atoms with Crippen molar-refractivity contribution in [1.82, 2.24) is 5.32 Å². The monoisotopic (exact) mass is 271 g/mol. The van der Waals surface area contributed by atoms with Crippen LogP contribution < -0.4 is 5.32 Å². The van der Waals surface area contributed by atoms with E-state index in [1.165, 1.54) is 6.07 Å². The van der Waals surface area contributed by atoms with E-state index in [4.69, 9.17) is 9.52 Å². The molecule has 1 heterocycles. The molecule has 1 rings (SSSR count). The molecular formula is C12H17NO4S. The highest BCUT2D eigenvalue weighted by molar-refractivity contribution is 7.99. The van der Waals surface area contributed by atoms with Crippen LogP contribution in [0.15, 0.2) is 10.5 Å². The summed E-state index contributed by atoms with van der Waals surface area (Å²) < 4.78 is 5.25. The molecule has 0 aliphatic carbocycles. The minimum Gasteiger partial charge on any atom is -0.478 e. The van der Waals surface area contributed by atoms with Gasteiger partial charge in [0.25, 0.3) is 5.91 Å². The largest absolute Gasteiger partial charge is 0.478 e. The molecule has 0 radical (unpaired) electrons. The van der Waals surface area contributed by atoms with Crippen LogP contribution in [0.1, 0.15) is 40.5 Å². The fourth-order valence-electron chi connectivity index (χ4n) is 1.39. The van der Waals surface area contributed by atoms with Crippen LogP contribution in [0.3, 0.4) is 0 Å². The zero-order valence-corrected chi connectivity index (χ0v) is 11.5. The Kier molecular flexibility index (Phi) is 5.27. The first-order chi connectivity index (χ1) is 8.49. The first-order valence-corrected chi connectivity index (χ1v) is 6.95. The zero-order chi connectivity index (χ0) is 13.7. The normalized spacial score (nSPS) is 12.2. The molecule has 1 aromatic heterocycles. The first kappa shape index (κ1) is 14.6. The van der Waals surface area contributed by atoms with E-state index in [1.807, 2.05) is 13.2 Å². The topological polar surface area (TPSA) is 79.5 Å². The molecule has 0 saturated carbocycles. The van der Waals surface area contributed by atoms with Crippen LogP contribution in [-0.2, 0) is 6.42 Å². The lowest BCUT2D eigenvalue weighted by molar-refractivity contribution is 0.0694. The summed E-state index contributed by atoms with van der Waals surface area (Å²) in [5.74, 6) is -1.08. The van der Waals surface area contributed by atoms with E-state index in [2.05, 4.69) is 5.32 Å². The number of aromatic carboxylic acids is 1. The van der Waals surface area contributed by atoms with Gasteiger partial charge in [-0.2, -0.15) is 11.8 Å². The average molecular weight is 271 g/mol.